The zero-order chi connectivity index (χ0) is 14.2. The summed E-state index contributed by atoms with van der Waals surface area (Å²) in [5, 5.41) is 5.50. The maximum atomic E-state index is 11.9. The Bertz CT molecular complexity index is 618. The summed E-state index contributed by atoms with van der Waals surface area (Å²) >= 11 is 10.2. The molecule has 0 saturated carbocycles. The third kappa shape index (κ3) is 3.62. The Labute approximate surface area is 122 Å². The molecule has 2 rings (SSSR count). The molecule has 1 aliphatic heterocycles. The number of carbonyl (C=O) groups is 1. The first-order valence-electron chi connectivity index (χ1n) is 5.55. The van der Waals surface area contributed by atoms with Crippen LogP contribution in [0.5, 0.6) is 0 Å². The maximum absolute atomic E-state index is 11.9. The molecule has 0 spiro atoms. The summed E-state index contributed by atoms with van der Waals surface area (Å²) in [4.78, 5) is 14.1. The van der Waals surface area contributed by atoms with Gasteiger partial charge in [0.15, 0.2) is 0 Å². The van der Waals surface area contributed by atoms with Crippen LogP contribution in [0, 0.1) is 5.92 Å². The molecule has 1 aromatic rings. The lowest BCUT2D eigenvalue weighted by Crippen LogP contribution is -2.27. The Morgan fingerprint density at radius 3 is 2.79 bits per heavy atom. The second-order valence-corrected chi connectivity index (χ2v) is 7.11. The molecule has 0 aliphatic carbocycles. The van der Waals surface area contributed by atoms with Gasteiger partial charge in [0.25, 0.3) is 0 Å². The summed E-state index contributed by atoms with van der Waals surface area (Å²) in [6, 6.07) is 5.01. The highest BCUT2D eigenvalue weighted by molar-refractivity contribution is 7.89. The third-order valence-electron chi connectivity index (χ3n) is 2.90. The highest BCUT2D eigenvalue weighted by atomic mass is 35.5. The summed E-state index contributed by atoms with van der Waals surface area (Å²) in [5.74, 6) is -0.641. The number of sulfonamides is 1. The molecule has 1 heterocycles. The first-order chi connectivity index (χ1) is 8.76. The van der Waals surface area contributed by atoms with E-state index in [-0.39, 0.29) is 24.0 Å². The number of thiol groups is 1. The smallest absolute Gasteiger partial charge is 0.227 e. The molecule has 1 saturated heterocycles. The van der Waals surface area contributed by atoms with Crippen molar-refractivity contribution in [1.82, 2.24) is 0 Å². The molecule has 2 N–H and O–H groups in total. The van der Waals surface area contributed by atoms with E-state index in [1.165, 1.54) is 4.90 Å². The minimum absolute atomic E-state index is 0.147. The number of hydrogen-bond acceptors (Lipinski definition) is 4. The molecule has 0 bridgehead atoms. The summed E-state index contributed by atoms with van der Waals surface area (Å²) in [6.07, 6.45) is 0.163. The minimum atomic E-state index is -3.58. The molecule has 19 heavy (non-hydrogen) atoms. The second kappa shape index (κ2) is 5.32. The number of nitrogens with zero attached hydrogens (tertiary/aromatic N) is 1. The molecule has 104 valence electrons. The highest BCUT2D eigenvalue weighted by Crippen LogP contribution is 2.32. The first kappa shape index (κ1) is 14.6. The summed E-state index contributed by atoms with van der Waals surface area (Å²) in [7, 11) is -3.58. The van der Waals surface area contributed by atoms with Crippen LogP contribution in [-0.2, 0) is 14.8 Å². The third-order valence-corrected chi connectivity index (χ3v) is 4.45. The molecule has 8 heteroatoms. The van der Waals surface area contributed by atoms with E-state index in [2.05, 4.69) is 12.6 Å². The Morgan fingerprint density at radius 2 is 2.16 bits per heavy atom. The summed E-state index contributed by atoms with van der Waals surface area (Å²) in [5.41, 5.74) is 0.595. The van der Waals surface area contributed by atoms with Gasteiger partial charge < -0.3 is 4.90 Å². The van der Waals surface area contributed by atoms with Crippen molar-refractivity contribution in [3.05, 3.63) is 23.2 Å². The number of anilines is 1. The van der Waals surface area contributed by atoms with Crippen LogP contribution in [0.25, 0.3) is 0 Å². The molecule has 5 nitrogen and oxygen atoms in total. The normalized spacial score (nSPS) is 20.1. The Hall–Kier alpha value is -0.760. The van der Waals surface area contributed by atoms with Crippen molar-refractivity contribution >= 4 is 45.8 Å². The van der Waals surface area contributed by atoms with Gasteiger partial charge in [0.05, 0.1) is 11.4 Å². The largest absolute Gasteiger partial charge is 0.311 e. The van der Waals surface area contributed by atoms with Crippen molar-refractivity contribution in [3.63, 3.8) is 0 Å². The van der Waals surface area contributed by atoms with E-state index in [0.29, 0.717) is 22.2 Å². The lowest BCUT2D eigenvalue weighted by atomic mass is 10.1. The molecule has 1 unspecified atom stereocenters. The van der Waals surface area contributed by atoms with Crippen molar-refractivity contribution in [1.29, 1.82) is 0 Å². The number of primary sulfonamides is 1. The molecule has 1 amide bonds. The number of rotatable bonds is 3. The van der Waals surface area contributed by atoms with Gasteiger partial charge in [-0.15, -0.1) is 12.6 Å². The summed E-state index contributed by atoms with van der Waals surface area (Å²) < 4.78 is 22.1. The van der Waals surface area contributed by atoms with Crippen LogP contribution in [0.1, 0.15) is 6.42 Å². The van der Waals surface area contributed by atoms with Crippen molar-refractivity contribution in [3.8, 4) is 0 Å². The Morgan fingerprint density at radius 1 is 1.47 bits per heavy atom. The van der Waals surface area contributed by atoms with Gasteiger partial charge in [-0.3, -0.25) is 4.79 Å². The molecule has 1 fully saturated rings. The van der Waals surface area contributed by atoms with Crippen LogP contribution >= 0.6 is 24.2 Å². The van der Waals surface area contributed by atoms with Gasteiger partial charge in [-0.2, -0.15) is 0 Å². The highest BCUT2D eigenvalue weighted by Gasteiger charge is 2.33. The van der Waals surface area contributed by atoms with E-state index in [1.807, 2.05) is 0 Å². The standard InChI is InChI=1S/C11H13ClN2O3S2/c12-8-1-2-10(18)9(4-8)14-5-7(3-11(14)15)6-19(13,16)17/h1-2,4,7,18H,3,5-6H2,(H2,13,16,17). The van der Waals surface area contributed by atoms with E-state index < -0.39 is 10.0 Å². The van der Waals surface area contributed by atoms with E-state index in [1.54, 1.807) is 18.2 Å². The van der Waals surface area contributed by atoms with Gasteiger partial charge in [0.2, 0.25) is 15.9 Å². The number of hydrogen-bond donors (Lipinski definition) is 2. The lowest BCUT2D eigenvalue weighted by molar-refractivity contribution is -0.117. The molecular weight excluding hydrogens is 308 g/mol. The van der Waals surface area contributed by atoms with Crippen LogP contribution in [0.4, 0.5) is 5.69 Å². The quantitative estimate of drug-likeness (QED) is 0.823. The topological polar surface area (TPSA) is 80.5 Å². The van der Waals surface area contributed by atoms with Crippen LogP contribution < -0.4 is 10.0 Å². The SMILES string of the molecule is NS(=O)(=O)CC1CC(=O)N(c2cc(Cl)ccc2S)C1. The summed E-state index contributed by atoms with van der Waals surface area (Å²) in [6.45, 7) is 0.309. The minimum Gasteiger partial charge on any atom is -0.311 e. The van der Waals surface area contributed by atoms with Gasteiger partial charge in [-0.1, -0.05) is 11.6 Å². The Kier molecular flexibility index (Phi) is 4.10. The van der Waals surface area contributed by atoms with Gasteiger partial charge in [-0.25, -0.2) is 13.6 Å². The van der Waals surface area contributed by atoms with E-state index in [4.69, 9.17) is 16.7 Å². The van der Waals surface area contributed by atoms with Crippen molar-refractivity contribution in [2.24, 2.45) is 11.1 Å². The number of halogens is 1. The molecule has 1 atom stereocenters. The fourth-order valence-electron chi connectivity index (χ4n) is 2.17. The van der Waals surface area contributed by atoms with E-state index >= 15 is 0 Å². The number of benzene rings is 1. The molecule has 0 radical (unpaired) electrons. The van der Waals surface area contributed by atoms with Crippen molar-refractivity contribution in [2.75, 3.05) is 17.2 Å². The predicted octanol–water partition coefficient (Wildman–Crippen LogP) is 1.27. The van der Waals surface area contributed by atoms with Gasteiger partial charge in [0.1, 0.15) is 0 Å². The number of amides is 1. The zero-order valence-electron chi connectivity index (χ0n) is 9.91. The van der Waals surface area contributed by atoms with Gasteiger partial charge in [-0.05, 0) is 18.2 Å². The number of nitrogens with two attached hydrogens (primary N) is 1. The molecule has 1 aliphatic rings. The van der Waals surface area contributed by atoms with Crippen molar-refractivity contribution < 1.29 is 13.2 Å². The maximum Gasteiger partial charge on any atom is 0.227 e. The van der Waals surface area contributed by atoms with Crippen LogP contribution in [0.2, 0.25) is 5.02 Å². The fraction of sp³-hybridized carbons (Fsp3) is 0.364. The van der Waals surface area contributed by atoms with Crippen LogP contribution in [0.3, 0.4) is 0 Å². The Balaban J connectivity index is 2.23. The zero-order valence-corrected chi connectivity index (χ0v) is 12.4. The van der Waals surface area contributed by atoms with Gasteiger partial charge >= 0.3 is 0 Å². The first-order valence-corrected chi connectivity index (χ1v) is 8.09. The van der Waals surface area contributed by atoms with Gasteiger partial charge in [0, 0.05) is 28.8 Å². The predicted molar refractivity (Wildman–Crippen MR) is 77.1 cm³/mol. The molecular formula is C11H13ClN2O3S2. The number of carbonyl (C=O) groups excluding carboxylic acids is 1. The monoisotopic (exact) mass is 320 g/mol. The van der Waals surface area contributed by atoms with Crippen molar-refractivity contribution in [2.45, 2.75) is 11.3 Å². The van der Waals surface area contributed by atoms with E-state index in [0.717, 1.165) is 0 Å². The van der Waals surface area contributed by atoms with Crippen LogP contribution in [0.15, 0.2) is 23.1 Å². The van der Waals surface area contributed by atoms with Crippen LogP contribution in [-0.4, -0.2) is 26.6 Å². The average molecular weight is 321 g/mol. The molecule has 1 aromatic carbocycles. The molecule has 0 aromatic heterocycles. The lowest BCUT2D eigenvalue weighted by Gasteiger charge is -2.18. The fourth-order valence-corrected chi connectivity index (χ4v) is 3.47. The average Bonchev–Trinajstić information content (AvgIpc) is 2.60. The second-order valence-electron chi connectivity index (χ2n) is 4.54. The van der Waals surface area contributed by atoms with E-state index in [9.17, 15) is 13.2 Å².